The summed E-state index contributed by atoms with van der Waals surface area (Å²) >= 11 is 0. The molecule has 0 aliphatic heterocycles. The minimum Gasteiger partial charge on any atom is -0.456 e. The van der Waals surface area contributed by atoms with E-state index >= 15 is 0 Å². The summed E-state index contributed by atoms with van der Waals surface area (Å²) in [5.41, 5.74) is 2.11. The van der Waals surface area contributed by atoms with Crippen LogP contribution in [-0.2, 0) is 0 Å². The molecular formula is C15H9FO2. The lowest BCUT2D eigenvalue weighted by molar-refractivity contribution is 0.112. The topological polar surface area (TPSA) is 30.2 Å². The van der Waals surface area contributed by atoms with Crippen molar-refractivity contribution in [1.82, 2.24) is 0 Å². The van der Waals surface area contributed by atoms with Crippen LogP contribution in [0.15, 0.2) is 52.9 Å². The van der Waals surface area contributed by atoms with Gasteiger partial charge >= 0.3 is 0 Å². The molecule has 0 amide bonds. The molecule has 3 heteroatoms. The Morgan fingerprint density at radius 3 is 2.50 bits per heavy atom. The fraction of sp³-hybridized carbons (Fsp3) is 0. The highest BCUT2D eigenvalue weighted by atomic mass is 19.1. The van der Waals surface area contributed by atoms with Crippen molar-refractivity contribution in [1.29, 1.82) is 0 Å². The van der Waals surface area contributed by atoms with Crippen molar-refractivity contribution in [3.63, 3.8) is 0 Å². The molecule has 0 saturated heterocycles. The molecule has 18 heavy (non-hydrogen) atoms. The van der Waals surface area contributed by atoms with E-state index in [9.17, 15) is 9.18 Å². The molecule has 2 nitrogen and oxygen atoms in total. The number of furan rings is 1. The van der Waals surface area contributed by atoms with Crippen LogP contribution >= 0.6 is 0 Å². The molecule has 0 unspecified atom stereocenters. The van der Waals surface area contributed by atoms with Gasteiger partial charge in [-0.05, 0) is 24.3 Å². The number of rotatable bonds is 2. The molecule has 3 rings (SSSR count). The molecule has 3 aromatic rings. The van der Waals surface area contributed by atoms with Crippen LogP contribution in [0.2, 0.25) is 0 Å². The molecule has 0 saturated carbocycles. The van der Waals surface area contributed by atoms with Gasteiger partial charge < -0.3 is 4.42 Å². The summed E-state index contributed by atoms with van der Waals surface area (Å²) in [4.78, 5) is 10.6. The van der Waals surface area contributed by atoms with Crippen molar-refractivity contribution in [2.75, 3.05) is 0 Å². The monoisotopic (exact) mass is 240 g/mol. The maximum Gasteiger partial charge on any atom is 0.150 e. The lowest BCUT2D eigenvalue weighted by Crippen LogP contribution is -1.78. The predicted molar refractivity (Wildman–Crippen MR) is 67.0 cm³/mol. The third-order valence-corrected chi connectivity index (χ3v) is 2.81. The average Bonchev–Trinajstić information content (AvgIpc) is 2.81. The summed E-state index contributed by atoms with van der Waals surface area (Å²) in [6.07, 6.45) is 0.789. The largest absolute Gasteiger partial charge is 0.456 e. The van der Waals surface area contributed by atoms with Crippen LogP contribution < -0.4 is 0 Å². The molecule has 88 valence electrons. The maximum atomic E-state index is 13.1. The predicted octanol–water partition coefficient (Wildman–Crippen LogP) is 4.05. The van der Waals surface area contributed by atoms with E-state index < -0.39 is 0 Å². The van der Waals surface area contributed by atoms with Crippen LogP contribution in [0.1, 0.15) is 10.4 Å². The first-order chi connectivity index (χ1) is 8.76. The molecular weight excluding hydrogens is 231 g/mol. The van der Waals surface area contributed by atoms with E-state index in [1.807, 2.05) is 0 Å². The van der Waals surface area contributed by atoms with Crippen LogP contribution in [0.25, 0.3) is 22.3 Å². The number of aldehydes is 1. The van der Waals surface area contributed by atoms with Gasteiger partial charge in [-0.15, -0.1) is 0 Å². The molecule has 0 radical (unpaired) electrons. The van der Waals surface area contributed by atoms with E-state index in [1.54, 1.807) is 36.4 Å². The van der Waals surface area contributed by atoms with Gasteiger partial charge in [-0.25, -0.2) is 4.39 Å². The van der Waals surface area contributed by atoms with Crippen molar-refractivity contribution < 1.29 is 13.6 Å². The van der Waals surface area contributed by atoms with Crippen molar-refractivity contribution in [3.8, 4) is 11.3 Å². The molecule has 0 spiro atoms. The summed E-state index contributed by atoms with van der Waals surface area (Å²) in [5, 5.41) is 0.726. The fourth-order valence-corrected chi connectivity index (χ4v) is 1.88. The average molecular weight is 240 g/mol. The van der Waals surface area contributed by atoms with Crippen molar-refractivity contribution >= 4 is 17.3 Å². The Labute approximate surface area is 103 Å². The summed E-state index contributed by atoms with van der Waals surface area (Å²) < 4.78 is 18.7. The number of fused-ring (bicyclic) bond motifs is 1. The minimum absolute atomic E-state index is 0.286. The first-order valence-electron chi connectivity index (χ1n) is 5.51. The minimum atomic E-state index is -0.286. The van der Waals surface area contributed by atoms with Gasteiger partial charge in [0, 0.05) is 16.5 Å². The number of benzene rings is 2. The maximum absolute atomic E-state index is 13.1. The molecule has 0 fully saturated rings. The summed E-state index contributed by atoms with van der Waals surface area (Å²) in [6, 6.07) is 13.2. The van der Waals surface area contributed by atoms with E-state index in [0.29, 0.717) is 16.9 Å². The van der Waals surface area contributed by atoms with E-state index in [2.05, 4.69) is 0 Å². The highest BCUT2D eigenvalue weighted by Gasteiger charge is 2.06. The number of carbonyl (C=O) groups is 1. The van der Waals surface area contributed by atoms with Crippen molar-refractivity contribution in [2.24, 2.45) is 0 Å². The SMILES string of the molecule is O=Cc1ccc(-c2cc3cc(F)ccc3o2)cc1. The zero-order chi connectivity index (χ0) is 12.5. The second kappa shape index (κ2) is 4.11. The lowest BCUT2D eigenvalue weighted by Gasteiger charge is -1.96. The van der Waals surface area contributed by atoms with Gasteiger partial charge in [-0.3, -0.25) is 4.79 Å². The molecule has 2 aromatic carbocycles. The Morgan fingerprint density at radius 1 is 1.00 bits per heavy atom. The first kappa shape index (κ1) is 10.7. The zero-order valence-corrected chi connectivity index (χ0v) is 9.39. The Kier molecular flexibility index (Phi) is 2.45. The zero-order valence-electron chi connectivity index (χ0n) is 9.39. The smallest absolute Gasteiger partial charge is 0.150 e. The number of hydrogen-bond acceptors (Lipinski definition) is 2. The fourth-order valence-electron chi connectivity index (χ4n) is 1.88. The molecule has 0 bridgehead atoms. The summed E-state index contributed by atoms with van der Waals surface area (Å²) in [7, 11) is 0. The molecule has 1 heterocycles. The van der Waals surface area contributed by atoms with Gasteiger partial charge in [0.05, 0.1) is 0 Å². The Morgan fingerprint density at radius 2 is 1.78 bits per heavy atom. The van der Waals surface area contributed by atoms with E-state index in [0.717, 1.165) is 17.2 Å². The quantitative estimate of drug-likeness (QED) is 0.632. The summed E-state index contributed by atoms with van der Waals surface area (Å²) in [6.45, 7) is 0. The molecule has 0 atom stereocenters. The third kappa shape index (κ3) is 1.80. The molecule has 1 aromatic heterocycles. The van der Waals surface area contributed by atoms with Gasteiger partial charge in [0.25, 0.3) is 0 Å². The van der Waals surface area contributed by atoms with E-state index in [-0.39, 0.29) is 5.82 Å². The van der Waals surface area contributed by atoms with Crippen LogP contribution in [0, 0.1) is 5.82 Å². The van der Waals surface area contributed by atoms with Gasteiger partial charge in [-0.1, -0.05) is 24.3 Å². The molecule has 0 aliphatic rings. The van der Waals surface area contributed by atoms with Gasteiger partial charge in [0.1, 0.15) is 23.4 Å². The van der Waals surface area contributed by atoms with Crippen molar-refractivity contribution in [2.45, 2.75) is 0 Å². The van der Waals surface area contributed by atoms with Crippen molar-refractivity contribution in [3.05, 3.63) is 59.9 Å². The Hall–Kier alpha value is -2.42. The third-order valence-electron chi connectivity index (χ3n) is 2.81. The normalized spacial score (nSPS) is 10.7. The van der Waals surface area contributed by atoms with Crippen LogP contribution in [0.3, 0.4) is 0 Å². The summed E-state index contributed by atoms with van der Waals surface area (Å²) in [5.74, 6) is 0.374. The van der Waals surface area contributed by atoms with Crippen LogP contribution in [-0.4, -0.2) is 6.29 Å². The molecule has 0 aliphatic carbocycles. The Bertz CT molecular complexity index is 711. The number of carbonyl (C=O) groups excluding carboxylic acids is 1. The lowest BCUT2D eigenvalue weighted by atomic mass is 10.1. The van der Waals surface area contributed by atoms with E-state index in [4.69, 9.17) is 4.42 Å². The number of halogens is 1. The standard InChI is InChI=1S/C15H9FO2/c16-13-5-6-14-12(7-13)8-15(18-14)11-3-1-10(9-17)2-4-11/h1-9H. The second-order valence-corrected chi connectivity index (χ2v) is 4.03. The van der Waals surface area contributed by atoms with Gasteiger partial charge in [-0.2, -0.15) is 0 Å². The van der Waals surface area contributed by atoms with Crippen LogP contribution in [0.4, 0.5) is 4.39 Å². The molecule has 0 N–H and O–H groups in total. The van der Waals surface area contributed by atoms with Gasteiger partial charge in [0.15, 0.2) is 0 Å². The van der Waals surface area contributed by atoms with Gasteiger partial charge in [0.2, 0.25) is 0 Å². The second-order valence-electron chi connectivity index (χ2n) is 4.03. The highest BCUT2D eigenvalue weighted by Crippen LogP contribution is 2.28. The number of hydrogen-bond donors (Lipinski definition) is 0. The Balaban J connectivity index is 2.10. The van der Waals surface area contributed by atoms with E-state index in [1.165, 1.54) is 12.1 Å². The first-order valence-corrected chi connectivity index (χ1v) is 5.51. The van der Waals surface area contributed by atoms with Crippen LogP contribution in [0.5, 0.6) is 0 Å². The highest BCUT2D eigenvalue weighted by molar-refractivity contribution is 5.83.